The summed E-state index contributed by atoms with van der Waals surface area (Å²) in [5.74, 6) is 0. The van der Waals surface area contributed by atoms with Crippen molar-refractivity contribution in [2.24, 2.45) is 0 Å². The molecule has 0 atom stereocenters. The van der Waals surface area contributed by atoms with Gasteiger partial charge in [0.15, 0.2) is 0 Å². The van der Waals surface area contributed by atoms with Gasteiger partial charge in [0.05, 0.1) is 28.1 Å². The van der Waals surface area contributed by atoms with Gasteiger partial charge in [-0.05, 0) is 0 Å². The first-order chi connectivity index (χ1) is 2.00. The Balaban J connectivity index is 0. The van der Waals surface area contributed by atoms with Crippen molar-refractivity contribution in [1.29, 1.82) is 0 Å². The minimum absolute atomic E-state index is 1.94. The van der Waals surface area contributed by atoms with E-state index in [1.165, 1.54) is 0 Å². The van der Waals surface area contributed by atoms with Gasteiger partial charge in [-0.1, -0.05) is 0 Å². The second kappa shape index (κ2) is 56.1. The normalized spacial score (nSPS) is 3.00. The van der Waals surface area contributed by atoms with Crippen molar-refractivity contribution in [1.82, 2.24) is 0 Å². The molecule has 0 fully saturated rings. The zero-order valence-corrected chi connectivity index (χ0v) is 3.99. The van der Waals surface area contributed by atoms with E-state index >= 15 is 0 Å². The van der Waals surface area contributed by atoms with Crippen LogP contribution >= 0.6 is 28.1 Å². The molecule has 0 unspecified atom stereocenters. The molecule has 0 aromatic heterocycles. The van der Waals surface area contributed by atoms with Gasteiger partial charge in [-0.3, -0.25) is 4.66 Å². The predicted octanol–water partition coefficient (Wildman–Crippen LogP) is 0.421. The van der Waals surface area contributed by atoms with Gasteiger partial charge in [-0.15, -0.1) is 0 Å². The lowest BCUT2D eigenvalue weighted by Gasteiger charge is -1.14. The van der Waals surface area contributed by atoms with E-state index < -0.39 is 0 Å². The van der Waals surface area contributed by atoms with Crippen molar-refractivity contribution >= 4 is 28.1 Å². The van der Waals surface area contributed by atoms with Crippen molar-refractivity contribution in [2.45, 2.75) is 0 Å². The Morgan fingerprint density at radius 1 is 1.25 bits per heavy atom. The van der Waals surface area contributed by atoms with Crippen LogP contribution in [0.25, 0.3) is 0 Å². The molecule has 0 spiro atoms. The Kier molecular flexibility index (Phi) is 124. The van der Waals surface area contributed by atoms with Crippen molar-refractivity contribution in [3.05, 3.63) is 0 Å². The predicted molar refractivity (Wildman–Crippen MR) is 19.2 cm³/mol. The second-order valence-electron chi connectivity index (χ2n) is 0. The summed E-state index contributed by atoms with van der Waals surface area (Å²) >= 11 is 5.58. The van der Waals surface area contributed by atoms with Crippen LogP contribution in [0, 0.1) is 0 Å². The summed E-state index contributed by atoms with van der Waals surface area (Å²) in [4.78, 5) is 0. The summed E-state index contributed by atoms with van der Waals surface area (Å²) in [6.07, 6.45) is 0. The van der Waals surface area contributed by atoms with Crippen LogP contribution in [0.15, 0.2) is 0 Å². The lowest BCUT2D eigenvalue weighted by molar-refractivity contribution is 0.632. The maximum atomic E-state index is 6.81. The molecule has 0 heterocycles. The Morgan fingerprint density at radius 3 is 1.25 bits per heavy atom. The van der Waals surface area contributed by atoms with Gasteiger partial charge in [-0.25, -0.2) is 0 Å². The Morgan fingerprint density at radius 2 is 1.25 bits per heavy atom. The van der Waals surface area contributed by atoms with Crippen molar-refractivity contribution in [2.75, 3.05) is 0 Å². The molecule has 0 aliphatic carbocycles. The fraction of sp³-hybridized carbons (Fsp3) is 0. The van der Waals surface area contributed by atoms with Crippen LogP contribution < -0.4 is 0 Å². The average Bonchev–Trinajstić information content (AvgIpc) is 1.50. The largest absolute Gasteiger partial charge is 0.324 e. The van der Waals surface area contributed by atoms with Crippen LogP contribution in [0.1, 0.15) is 0 Å². The van der Waals surface area contributed by atoms with E-state index in [9.17, 15) is 0 Å². The zero-order valence-electron chi connectivity index (χ0n) is 1.65. The number of hydrogen-bond acceptors (Lipinski definition) is 2. The molecule has 28 valence electrons. The molecule has 4 heteroatoms. The third kappa shape index (κ3) is 16.1. The molecule has 4 heavy (non-hydrogen) atoms. The molecule has 0 saturated heterocycles. The highest BCUT2D eigenvalue weighted by molar-refractivity contribution is 9.05. The summed E-state index contributed by atoms with van der Waals surface area (Å²) < 4.78 is 13.3. The van der Waals surface area contributed by atoms with E-state index in [1.54, 1.807) is 0 Å². The molecule has 0 aromatic rings. The van der Waals surface area contributed by atoms with Crippen LogP contribution in [0.3, 0.4) is 0 Å². The van der Waals surface area contributed by atoms with Crippen LogP contribution in [-0.2, 0) is 0 Å². The quantitative estimate of drug-likeness (QED) is 0.524. The number of rotatable bonds is 0. The second-order valence-corrected chi connectivity index (χ2v) is 0. The van der Waals surface area contributed by atoms with E-state index in [1.807, 2.05) is 16.3 Å². The first kappa shape index (κ1) is 8.83. The van der Waals surface area contributed by atoms with E-state index in [0.717, 1.165) is 0 Å². The summed E-state index contributed by atoms with van der Waals surface area (Å²) in [6, 6.07) is 0. The highest BCUT2D eigenvalue weighted by Crippen LogP contribution is 1.43. The first-order valence-corrected chi connectivity index (χ1v) is 1.39. The highest BCUT2D eigenvalue weighted by Gasteiger charge is 0.908. The Hall–Kier alpha value is 0.690. The van der Waals surface area contributed by atoms with Crippen LogP contribution in [0.2, 0.25) is 0 Å². The standard InChI is InChI=1S/BrHO.ClHO/c2*1-2/h2*2H. The molecule has 2 N–H and O–H groups in total. The molecule has 0 radical (unpaired) electrons. The average molecular weight is 149 g/mol. The molecule has 2 nitrogen and oxygen atoms in total. The molecular weight excluding hydrogens is 147 g/mol. The topological polar surface area (TPSA) is 40.5 Å². The van der Waals surface area contributed by atoms with Gasteiger partial charge in [0.25, 0.3) is 0 Å². The smallest absolute Gasteiger partial charge is 0.0957 e. The van der Waals surface area contributed by atoms with E-state index in [-0.39, 0.29) is 0 Å². The minimum Gasteiger partial charge on any atom is -0.324 e. The molecular formula is H2BrClO2. The highest BCUT2D eigenvalue weighted by atomic mass is 79.9. The maximum Gasteiger partial charge on any atom is 0.0957 e. The third-order valence-electron chi connectivity index (χ3n) is 0. The van der Waals surface area contributed by atoms with Gasteiger partial charge < -0.3 is 4.20 Å². The third-order valence-corrected chi connectivity index (χ3v) is 0. The maximum absolute atomic E-state index is 6.81. The zero-order chi connectivity index (χ0) is 4.00. The van der Waals surface area contributed by atoms with Gasteiger partial charge in [0, 0.05) is 0 Å². The van der Waals surface area contributed by atoms with Crippen molar-refractivity contribution in [3.63, 3.8) is 0 Å². The fourth-order valence-electron chi connectivity index (χ4n) is 0. The summed E-state index contributed by atoms with van der Waals surface area (Å²) in [6.45, 7) is 0. The first-order valence-electron chi connectivity index (χ1n) is 0.338. The molecule has 0 aliphatic rings. The molecule has 0 aromatic carbocycles. The van der Waals surface area contributed by atoms with E-state index in [0.29, 0.717) is 0 Å². The van der Waals surface area contributed by atoms with Gasteiger partial charge in [0.2, 0.25) is 0 Å². The Labute approximate surface area is 37.6 Å². The number of hydrogen-bond donors (Lipinski definition) is 2. The molecule has 0 aliphatic heterocycles. The minimum atomic E-state index is 1.94. The SMILES string of the molecule is OBr.OCl. The molecule has 0 rings (SSSR count). The van der Waals surface area contributed by atoms with Crippen molar-refractivity contribution in [3.8, 4) is 0 Å². The molecule has 0 saturated carbocycles. The molecule has 0 bridgehead atoms. The lowest BCUT2D eigenvalue weighted by Crippen LogP contribution is -0.913. The summed E-state index contributed by atoms with van der Waals surface area (Å²) in [7, 11) is 0. The van der Waals surface area contributed by atoms with Gasteiger partial charge in [-0.2, -0.15) is 0 Å². The monoisotopic (exact) mass is 148 g/mol. The van der Waals surface area contributed by atoms with Gasteiger partial charge >= 0.3 is 0 Å². The van der Waals surface area contributed by atoms with Crippen LogP contribution in [-0.4, -0.2) is 8.86 Å². The Bertz CT molecular complexity index is 6.00. The van der Waals surface area contributed by atoms with Crippen LogP contribution in [0.5, 0.6) is 0 Å². The van der Waals surface area contributed by atoms with Crippen molar-refractivity contribution < 1.29 is 8.86 Å². The summed E-state index contributed by atoms with van der Waals surface area (Å²) in [5, 5.41) is 0. The lowest BCUT2D eigenvalue weighted by atomic mass is 15.9. The fourth-order valence-corrected chi connectivity index (χ4v) is 0. The van der Waals surface area contributed by atoms with Gasteiger partial charge in [0.1, 0.15) is 0 Å². The van der Waals surface area contributed by atoms with Crippen LogP contribution in [0.4, 0.5) is 0 Å². The summed E-state index contributed by atoms with van der Waals surface area (Å²) in [5.41, 5.74) is 0. The van der Waals surface area contributed by atoms with E-state index in [4.69, 9.17) is 8.86 Å². The van der Waals surface area contributed by atoms with E-state index in [2.05, 4.69) is 11.9 Å². The number of halogens is 2. The molecule has 0 amide bonds.